The molecule has 0 fully saturated rings. The van der Waals surface area contributed by atoms with Gasteiger partial charge in [-0.05, 0) is 42.7 Å². The summed E-state index contributed by atoms with van der Waals surface area (Å²) in [6.45, 7) is 0.834. The molecule has 216 valence electrons. The number of nitrogens with zero attached hydrogens (tertiary/aromatic N) is 1. The molecule has 0 heterocycles. The van der Waals surface area contributed by atoms with Gasteiger partial charge in [0.05, 0.1) is 7.11 Å². The quantitative estimate of drug-likeness (QED) is 0.105. The number of halogens is 6. The monoisotopic (exact) mass is 568 g/mol. The van der Waals surface area contributed by atoms with Crippen LogP contribution >= 0.6 is 0 Å². The van der Waals surface area contributed by atoms with Gasteiger partial charge >= 0.3 is 30.3 Å². The van der Waals surface area contributed by atoms with Crippen LogP contribution in [-0.4, -0.2) is 66.5 Å². The Bertz CT molecular complexity index is 1080. The van der Waals surface area contributed by atoms with Crippen molar-refractivity contribution in [3.8, 4) is 0 Å². The van der Waals surface area contributed by atoms with E-state index in [1.807, 2.05) is 47.4 Å². The SMILES string of the molecule is COC(=O)CN(CCCc1ccc(N)cc1)c1cccc(C(=N)N)c1.O=C(O)C(F)(F)F.O=C(O)C(F)(F)F. The predicted molar refractivity (Wildman–Crippen MR) is 128 cm³/mol. The number of methoxy groups -OCH3 is 1. The predicted octanol–water partition coefficient (Wildman–Crippen LogP) is 3.43. The van der Waals surface area contributed by atoms with Crippen LogP contribution in [0.25, 0.3) is 0 Å². The molecule has 0 saturated carbocycles. The fourth-order valence-corrected chi connectivity index (χ4v) is 2.55. The number of carboxylic acid groups (broad SMARTS) is 2. The first-order chi connectivity index (χ1) is 17.9. The number of hydrogen-bond donors (Lipinski definition) is 5. The van der Waals surface area contributed by atoms with Crippen molar-refractivity contribution >= 4 is 35.1 Å². The summed E-state index contributed by atoms with van der Waals surface area (Å²) in [6.07, 6.45) is -8.42. The molecule has 0 atom stereocenters. The number of amidine groups is 1. The molecule has 0 amide bonds. The van der Waals surface area contributed by atoms with Gasteiger partial charge in [0.25, 0.3) is 0 Å². The van der Waals surface area contributed by atoms with E-state index < -0.39 is 24.3 Å². The number of hydrogen-bond acceptors (Lipinski definition) is 7. The van der Waals surface area contributed by atoms with Gasteiger partial charge in [-0.25, -0.2) is 9.59 Å². The minimum absolute atomic E-state index is 0.00161. The molecule has 16 heteroatoms. The Morgan fingerprint density at radius 3 is 1.85 bits per heavy atom. The van der Waals surface area contributed by atoms with E-state index in [1.54, 1.807) is 6.07 Å². The zero-order valence-corrected chi connectivity index (χ0v) is 20.3. The highest BCUT2D eigenvalue weighted by molar-refractivity contribution is 5.96. The summed E-state index contributed by atoms with van der Waals surface area (Å²) in [7, 11) is 1.38. The Kier molecular flexibility index (Phi) is 13.9. The summed E-state index contributed by atoms with van der Waals surface area (Å²) in [5.41, 5.74) is 14.7. The lowest BCUT2D eigenvalue weighted by Crippen LogP contribution is -2.32. The molecule has 7 N–H and O–H groups in total. The minimum atomic E-state index is -5.08. The van der Waals surface area contributed by atoms with E-state index in [2.05, 4.69) is 0 Å². The molecule has 0 aromatic heterocycles. The maximum atomic E-state index is 11.7. The van der Waals surface area contributed by atoms with Crippen molar-refractivity contribution in [1.29, 1.82) is 5.41 Å². The van der Waals surface area contributed by atoms with Crippen molar-refractivity contribution in [3.63, 3.8) is 0 Å². The molecule has 0 spiro atoms. The number of alkyl halides is 6. The Balaban J connectivity index is 0.000000848. The average molecular weight is 568 g/mol. The highest BCUT2D eigenvalue weighted by Crippen LogP contribution is 2.18. The van der Waals surface area contributed by atoms with Crippen LogP contribution in [0.1, 0.15) is 17.5 Å². The Labute approximate surface area is 218 Å². The fraction of sp³-hybridized carbons (Fsp3) is 0.304. The molecule has 2 aromatic carbocycles. The van der Waals surface area contributed by atoms with Gasteiger partial charge in [-0.15, -0.1) is 0 Å². The molecule has 0 saturated heterocycles. The Hall–Kier alpha value is -4.50. The maximum Gasteiger partial charge on any atom is 0.490 e. The number of nitrogens with one attached hydrogen (secondary N) is 1. The first-order valence-electron chi connectivity index (χ1n) is 10.6. The fourth-order valence-electron chi connectivity index (χ4n) is 2.55. The highest BCUT2D eigenvalue weighted by Gasteiger charge is 2.38. The summed E-state index contributed by atoms with van der Waals surface area (Å²) >= 11 is 0. The average Bonchev–Trinajstić information content (AvgIpc) is 2.84. The van der Waals surface area contributed by atoms with E-state index in [1.165, 1.54) is 12.7 Å². The minimum Gasteiger partial charge on any atom is -0.475 e. The Morgan fingerprint density at radius 1 is 0.949 bits per heavy atom. The molecule has 39 heavy (non-hydrogen) atoms. The van der Waals surface area contributed by atoms with E-state index in [4.69, 9.17) is 41.4 Å². The van der Waals surface area contributed by atoms with Crippen LogP contribution in [0, 0.1) is 5.41 Å². The molecule has 0 radical (unpaired) electrons. The summed E-state index contributed by atoms with van der Waals surface area (Å²) in [6, 6.07) is 15.1. The van der Waals surface area contributed by atoms with Crippen LogP contribution in [-0.2, 0) is 25.5 Å². The second kappa shape index (κ2) is 15.7. The maximum absolute atomic E-state index is 11.7. The van der Waals surface area contributed by atoms with E-state index in [-0.39, 0.29) is 18.3 Å². The van der Waals surface area contributed by atoms with Crippen molar-refractivity contribution in [3.05, 3.63) is 59.7 Å². The number of esters is 1. The Morgan fingerprint density at radius 2 is 1.44 bits per heavy atom. The first kappa shape index (κ1) is 34.5. The van der Waals surface area contributed by atoms with Crippen molar-refractivity contribution in [1.82, 2.24) is 0 Å². The second-order valence-electron chi connectivity index (χ2n) is 7.41. The van der Waals surface area contributed by atoms with Gasteiger partial charge < -0.3 is 31.3 Å². The van der Waals surface area contributed by atoms with E-state index in [9.17, 15) is 31.1 Å². The molecular formula is C23H26F6N4O6. The lowest BCUT2D eigenvalue weighted by molar-refractivity contribution is -0.193. The van der Waals surface area contributed by atoms with Gasteiger partial charge in [-0.1, -0.05) is 24.3 Å². The number of anilines is 2. The van der Waals surface area contributed by atoms with Crippen LogP contribution in [0.2, 0.25) is 0 Å². The summed E-state index contributed by atoms with van der Waals surface area (Å²) in [4.78, 5) is 31.5. The van der Waals surface area contributed by atoms with Crippen molar-refractivity contribution in [2.24, 2.45) is 5.73 Å². The van der Waals surface area contributed by atoms with Crippen LogP contribution in [0.15, 0.2) is 48.5 Å². The zero-order chi connectivity index (χ0) is 30.4. The van der Waals surface area contributed by atoms with Crippen molar-refractivity contribution < 1.29 is 55.7 Å². The standard InChI is InChI=1S/C19H24N4O2.2C2HF3O2/c1-25-18(24)13-23(17-6-2-5-15(12-17)19(21)22)11-3-4-14-7-9-16(20)10-8-14;2*3-2(4,5)1(6)7/h2,5-10,12H,3-4,11,13,20H2,1H3,(H3,21,22);2*(H,6,7). The lowest BCUT2D eigenvalue weighted by atomic mass is 10.1. The topological polar surface area (TPSA) is 180 Å². The number of aliphatic carboxylic acids is 2. The summed E-state index contributed by atoms with van der Waals surface area (Å²) in [5, 5.41) is 21.8. The molecule has 10 nitrogen and oxygen atoms in total. The number of nitrogen functional groups attached to an aromatic ring is 2. The summed E-state index contributed by atoms with van der Waals surface area (Å²) < 4.78 is 68.3. The molecule has 0 bridgehead atoms. The van der Waals surface area contributed by atoms with E-state index in [0.717, 1.165) is 24.2 Å². The third-order valence-corrected chi connectivity index (χ3v) is 4.43. The first-order valence-corrected chi connectivity index (χ1v) is 10.6. The number of carbonyl (C=O) groups excluding carboxylic acids is 1. The van der Waals surface area contributed by atoms with Crippen molar-refractivity contribution in [2.75, 3.05) is 30.8 Å². The third-order valence-electron chi connectivity index (χ3n) is 4.43. The normalized spacial score (nSPS) is 10.6. The highest BCUT2D eigenvalue weighted by atomic mass is 19.4. The van der Waals surface area contributed by atoms with Crippen LogP contribution < -0.4 is 16.4 Å². The van der Waals surface area contributed by atoms with Crippen LogP contribution in [0.5, 0.6) is 0 Å². The molecule has 2 aromatic rings. The molecule has 0 unspecified atom stereocenters. The van der Waals surface area contributed by atoms with E-state index in [0.29, 0.717) is 12.1 Å². The summed E-state index contributed by atoms with van der Waals surface area (Å²) in [5.74, 6) is -5.82. The molecular weight excluding hydrogens is 542 g/mol. The van der Waals surface area contributed by atoms with Gasteiger partial charge in [0.15, 0.2) is 0 Å². The van der Waals surface area contributed by atoms with E-state index >= 15 is 0 Å². The van der Waals surface area contributed by atoms with Crippen LogP contribution in [0.3, 0.4) is 0 Å². The van der Waals surface area contributed by atoms with Gasteiger partial charge in [-0.3, -0.25) is 10.2 Å². The van der Waals surface area contributed by atoms with Crippen molar-refractivity contribution in [2.45, 2.75) is 25.2 Å². The molecule has 0 aliphatic heterocycles. The van der Waals surface area contributed by atoms with Gasteiger partial charge in [0, 0.05) is 23.5 Å². The molecule has 0 aliphatic carbocycles. The van der Waals surface area contributed by atoms with Crippen LogP contribution in [0.4, 0.5) is 37.7 Å². The number of ether oxygens (including phenoxy) is 1. The number of benzene rings is 2. The molecule has 0 aliphatic rings. The zero-order valence-electron chi connectivity index (χ0n) is 20.3. The third kappa shape index (κ3) is 14.7. The lowest BCUT2D eigenvalue weighted by Gasteiger charge is -2.24. The number of carboxylic acids is 2. The van der Waals surface area contributed by atoms with Gasteiger partial charge in [0.1, 0.15) is 12.4 Å². The number of rotatable bonds is 8. The largest absolute Gasteiger partial charge is 0.490 e. The van der Waals surface area contributed by atoms with Gasteiger partial charge in [-0.2, -0.15) is 26.3 Å². The number of aryl methyl sites for hydroxylation is 1. The second-order valence-corrected chi connectivity index (χ2v) is 7.41. The van der Waals surface area contributed by atoms with Gasteiger partial charge in [0.2, 0.25) is 0 Å². The molecule has 2 rings (SSSR count). The number of carbonyl (C=O) groups is 3. The smallest absolute Gasteiger partial charge is 0.475 e. The number of nitrogens with two attached hydrogens (primary N) is 2.